The van der Waals surface area contributed by atoms with E-state index in [1.54, 1.807) is 6.33 Å². The predicted molar refractivity (Wildman–Crippen MR) is 78.0 cm³/mol. The van der Waals surface area contributed by atoms with E-state index in [2.05, 4.69) is 22.3 Å². The van der Waals surface area contributed by atoms with Crippen LogP contribution in [-0.2, 0) is 13.5 Å². The van der Waals surface area contributed by atoms with E-state index in [-0.39, 0.29) is 0 Å². The summed E-state index contributed by atoms with van der Waals surface area (Å²) in [6.07, 6.45) is 12.5. The smallest absolute Gasteiger partial charge is 0.138 e. The maximum absolute atomic E-state index is 4.39. The average molecular weight is 264 g/mol. The molecule has 108 valence electrons. The van der Waals surface area contributed by atoms with Crippen LogP contribution in [0.25, 0.3) is 0 Å². The Morgan fingerprint density at radius 3 is 2.53 bits per heavy atom. The number of aromatic nitrogens is 3. The van der Waals surface area contributed by atoms with E-state index in [0.717, 1.165) is 24.7 Å². The molecule has 1 heterocycles. The van der Waals surface area contributed by atoms with Crippen molar-refractivity contribution in [1.29, 1.82) is 0 Å². The first-order valence-corrected chi connectivity index (χ1v) is 7.87. The first-order valence-electron chi connectivity index (χ1n) is 7.87. The molecule has 2 rings (SSSR count). The summed E-state index contributed by atoms with van der Waals surface area (Å²) in [6, 6.07) is 0.561. The minimum atomic E-state index is 0.561. The first-order chi connectivity index (χ1) is 9.31. The SMILES string of the molecule is CCNC(Cc1ncnn1C)C1CCCCCCC1. The van der Waals surface area contributed by atoms with Crippen LogP contribution in [0.5, 0.6) is 0 Å². The van der Waals surface area contributed by atoms with E-state index in [1.807, 2.05) is 11.7 Å². The van der Waals surface area contributed by atoms with Gasteiger partial charge in [-0.3, -0.25) is 4.68 Å². The molecule has 1 unspecified atom stereocenters. The Kier molecular flexibility index (Phi) is 5.83. The van der Waals surface area contributed by atoms with E-state index >= 15 is 0 Å². The summed E-state index contributed by atoms with van der Waals surface area (Å²) >= 11 is 0. The molecule has 4 heteroatoms. The lowest BCUT2D eigenvalue weighted by Gasteiger charge is -2.29. The fourth-order valence-corrected chi connectivity index (χ4v) is 3.26. The molecule has 19 heavy (non-hydrogen) atoms. The first kappa shape index (κ1) is 14.5. The van der Waals surface area contributed by atoms with Gasteiger partial charge in [0, 0.05) is 19.5 Å². The maximum Gasteiger partial charge on any atom is 0.138 e. The quantitative estimate of drug-likeness (QED) is 0.889. The van der Waals surface area contributed by atoms with Crippen LogP contribution < -0.4 is 5.32 Å². The third kappa shape index (κ3) is 4.30. The topological polar surface area (TPSA) is 42.7 Å². The average Bonchev–Trinajstić information content (AvgIpc) is 2.74. The van der Waals surface area contributed by atoms with E-state index in [1.165, 1.54) is 44.9 Å². The van der Waals surface area contributed by atoms with Crippen molar-refractivity contribution in [3.8, 4) is 0 Å². The lowest BCUT2D eigenvalue weighted by molar-refractivity contribution is 0.282. The zero-order valence-electron chi connectivity index (χ0n) is 12.4. The molecule has 0 amide bonds. The lowest BCUT2D eigenvalue weighted by atomic mass is 9.84. The Morgan fingerprint density at radius 1 is 1.26 bits per heavy atom. The maximum atomic E-state index is 4.39. The summed E-state index contributed by atoms with van der Waals surface area (Å²) in [5.41, 5.74) is 0. The summed E-state index contributed by atoms with van der Waals surface area (Å²) in [5.74, 6) is 1.91. The summed E-state index contributed by atoms with van der Waals surface area (Å²) in [7, 11) is 1.99. The number of aryl methyl sites for hydroxylation is 1. The fraction of sp³-hybridized carbons (Fsp3) is 0.867. The number of hydrogen-bond acceptors (Lipinski definition) is 3. The van der Waals surface area contributed by atoms with E-state index in [0.29, 0.717) is 6.04 Å². The minimum absolute atomic E-state index is 0.561. The summed E-state index contributed by atoms with van der Waals surface area (Å²) in [4.78, 5) is 4.39. The molecule has 1 aliphatic carbocycles. The van der Waals surface area contributed by atoms with Crippen LogP contribution in [0.1, 0.15) is 57.7 Å². The molecule has 0 bridgehead atoms. The Balaban J connectivity index is 1.98. The van der Waals surface area contributed by atoms with E-state index < -0.39 is 0 Å². The van der Waals surface area contributed by atoms with Gasteiger partial charge in [-0.15, -0.1) is 0 Å². The Hall–Kier alpha value is -0.900. The monoisotopic (exact) mass is 264 g/mol. The third-order valence-electron chi connectivity index (χ3n) is 4.39. The largest absolute Gasteiger partial charge is 0.314 e. The van der Waals surface area contributed by atoms with Crippen molar-refractivity contribution >= 4 is 0 Å². The van der Waals surface area contributed by atoms with Gasteiger partial charge in [0.15, 0.2) is 0 Å². The van der Waals surface area contributed by atoms with Gasteiger partial charge >= 0.3 is 0 Å². The van der Waals surface area contributed by atoms with E-state index in [9.17, 15) is 0 Å². The highest BCUT2D eigenvalue weighted by molar-refractivity contribution is 4.92. The van der Waals surface area contributed by atoms with Gasteiger partial charge in [-0.2, -0.15) is 5.10 Å². The highest BCUT2D eigenvalue weighted by atomic mass is 15.3. The van der Waals surface area contributed by atoms with Crippen molar-refractivity contribution < 1.29 is 0 Å². The minimum Gasteiger partial charge on any atom is -0.314 e. The normalized spacial score (nSPS) is 19.9. The van der Waals surface area contributed by atoms with Gasteiger partial charge in [0.2, 0.25) is 0 Å². The van der Waals surface area contributed by atoms with Crippen LogP contribution in [0.2, 0.25) is 0 Å². The molecule has 0 radical (unpaired) electrons. The highest BCUT2D eigenvalue weighted by Crippen LogP contribution is 2.26. The highest BCUT2D eigenvalue weighted by Gasteiger charge is 2.23. The number of hydrogen-bond donors (Lipinski definition) is 1. The van der Waals surface area contributed by atoms with Gasteiger partial charge in [-0.05, 0) is 25.3 Å². The molecule has 0 spiro atoms. The third-order valence-corrected chi connectivity index (χ3v) is 4.39. The number of rotatable bonds is 5. The molecular weight excluding hydrogens is 236 g/mol. The zero-order valence-corrected chi connectivity index (χ0v) is 12.4. The Labute approximate surface area is 117 Å². The van der Waals surface area contributed by atoms with Crippen molar-refractivity contribution in [3.05, 3.63) is 12.2 Å². The zero-order chi connectivity index (χ0) is 13.5. The molecule has 1 fully saturated rings. The molecule has 0 aromatic carbocycles. The van der Waals surface area contributed by atoms with Gasteiger partial charge in [0.1, 0.15) is 12.2 Å². The molecular formula is C15H28N4. The van der Waals surface area contributed by atoms with Crippen LogP contribution in [0.4, 0.5) is 0 Å². The number of likely N-dealkylation sites (N-methyl/N-ethyl adjacent to an activating group) is 1. The van der Waals surface area contributed by atoms with Crippen LogP contribution in [0.15, 0.2) is 6.33 Å². The lowest BCUT2D eigenvalue weighted by Crippen LogP contribution is -2.39. The summed E-state index contributed by atoms with van der Waals surface area (Å²) in [5, 5.41) is 7.87. The molecule has 1 atom stereocenters. The summed E-state index contributed by atoms with van der Waals surface area (Å²) in [6.45, 7) is 3.24. The predicted octanol–water partition coefficient (Wildman–Crippen LogP) is 2.70. The molecule has 0 aliphatic heterocycles. The van der Waals surface area contributed by atoms with Crippen LogP contribution in [0.3, 0.4) is 0 Å². The van der Waals surface area contributed by atoms with Gasteiger partial charge in [-0.25, -0.2) is 4.98 Å². The van der Waals surface area contributed by atoms with Gasteiger partial charge in [-0.1, -0.05) is 39.0 Å². The summed E-state index contributed by atoms with van der Waals surface area (Å²) < 4.78 is 1.91. The van der Waals surface area contributed by atoms with Gasteiger partial charge in [0.05, 0.1) is 0 Å². The molecule has 1 aromatic rings. The molecule has 1 N–H and O–H groups in total. The second-order valence-corrected chi connectivity index (χ2v) is 5.77. The second kappa shape index (κ2) is 7.63. The second-order valence-electron chi connectivity index (χ2n) is 5.77. The fourth-order valence-electron chi connectivity index (χ4n) is 3.26. The molecule has 1 aliphatic rings. The van der Waals surface area contributed by atoms with Crippen molar-refractivity contribution in [2.24, 2.45) is 13.0 Å². The van der Waals surface area contributed by atoms with Crippen molar-refractivity contribution in [3.63, 3.8) is 0 Å². The van der Waals surface area contributed by atoms with Crippen LogP contribution in [0, 0.1) is 5.92 Å². The molecule has 1 saturated carbocycles. The Morgan fingerprint density at radius 2 is 1.95 bits per heavy atom. The molecule has 4 nitrogen and oxygen atoms in total. The molecule has 0 saturated heterocycles. The van der Waals surface area contributed by atoms with Crippen LogP contribution >= 0.6 is 0 Å². The van der Waals surface area contributed by atoms with Gasteiger partial charge < -0.3 is 5.32 Å². The Bertz CT molecular complexity index is 353. The van der Waals surface area contributed by atoms with Crippen molar-refractivity contribution in [1.82, 2.24) is 20.1 Å². The number of nitrogens with zero attached hydrogens (tertiary/aromatic N) is 3. The van der Waals surface area contributed by atoms with Crippen molar-refractivity contribution in [2.75, 3.05) is 6.54 Å². The molecule has 1 aromatic heterocycles. The van der Waals surface area contributed by atoms with Gasteiger partial charge in [0.25, 0.3) is 0 Å². The standard InChI is InChI=1S/C15H28N4/c1-3-16-14(11-15-17-12-18-19(15)2)13-9-7-5-4-6-8-10-13/h12-14,16H,3-11H2,1-2H3. The van der Waals surface area contributed by atoms with Crippen molar-refractivity contribution in [2.45, 2.75) is 64.3 Å². The number of nitrogens with one attached hydrogen (secondary N) is 1. The van der Waals surface area contributed by atoms with Crippen LogP contribution in [-0.4, -0.2) is 27.4 Å². The van der Waals surface area contributed by atoms with E-state index in [4.69, 9.17) is 0 Å².